The third kappa shape index (κ3) is 4.57. The van der Waals surface area contributed by atoms with Gasteiger partial charge in [0.25, 0.3) is 0 Å². The standard InChI is InChI=1S/C24H27N3O2/c1-18-7-8-23-21(13-18)14-22(15-26-9-11-27(17-28)12-10-26)24(25-23)29-16-20-6-4-3-5-19(20)2/h3-8,13-14,17H,9-12,15-16H2,1-2H3. The van der Waals surface area contributed by atoms with Crippen molar-refractivity contribution in [2.45, 2.75) is 27.0 Å². The lowest BCUT2D eigenvalue weighted by Crippen LogP contribution is -2.45. The molecule has 1 aliphatic heterocycles. The van der Waals surface area contributed by atoms with Crippen molar-refractivity contribution in [2.24, 2.45) is 0 Å². The van der Waals surface area contributed by atoms with Crippen molar-refractivity contribution in [1.82, 2.24) is 14.8 Å². The molecule has 2 heterocycles. The fourth-order valence-corrected chi connectivity index (χ4v) is 3.75. The molecule has 0 atom stereocenters. The maximum absolute atomic E-state index is 11.0. The fraction of sp³-hybridized carbons (Fsp3) is 0.333. The number of benzene rings is 2. The molecule has 5 heteroatoms. The maximum atomic E-state index is 11.0. The number of hydrogen-bond donors (Lipinski definition) is 0. The maximum Gasteiger partial charge on any atom is 0.218 e. The van der Waals surface area contributed by atoms with Crippen LogP contribution < -0.4 is 4.74 Å². The zero-order valence-corrected chi connectivity index (χ0v) is 17.1. The SMILES string of the molecule is Cc1ccc2nc(OCc3ccccc3C)c(CN3CCN(C=O)CC3)cc2c1. The second kappa shape index (κ2) is 8.62. The van der Waals surface area contributed by atoms with Gasteiger partial charge >= 0.3 is 0 Å². The number of amides is 1. The smallest absolute Gasteiger partial charge is 0.218 e. The van der Waals surface area contributed by atoms with Gasteiger partial charge in [-0.2, -0.15) is 0 Å². The normalized spacial score (nSPS) is 14.9. The van der Waals surface area contributed by atoms with E-state index >= 15 is 0 Å². The molecule has 1 aromatic heterocycles. The number of aryl methyl sites for hydroxylation is 2. The van der Waals surface area contributed by atoms with Gasteiger partial charge in [-0.05, 0) is 43.2 Å². The number of carbonyl (C=O) groups excluding carboxylic acids is 1. The minimum atomic E-state index is 0.503. The Morgan fingerprint density at radius 3 is 2.55 bits per heavy atom. The van der Waals surface area contributed by atoms with Crippen LogP contribution in [-0.4, -0.2) is 47.4 Å². The second-order valence-corrected chi connectivity index (χ2v) is 7.78. The third-order valence-corrected chi connectivity index (χ3v) is 5.59. The highest BCUT2D eigenvalue weighted by Gasteiger charge is 2.18. The quantitative estimate of drug-likeness (QED) is 0.603. The molecule has 0 aliphatic carbocycles. The summed E-state index contributed by atoms with van der Waals surface area (Å²) < 4.78 is 6.22. The van der Waals surface area contributed by atoms with Gasteiger partial charge in [-0.25, -0.2) is 4.98 Å². The number of ether oxygens (including phenoxy) is 1. The van der Waals surface area contributed by atoms with Crippen LogP contribution in [0.1, 0.15) is 22.3 Å². The molecule has 0 bridgehead atoms. The first-order chi connectivity index (χ1) is 14.1. The van der Waals surface area contributed by atoms with E-state index in [2.05, 4.69) is 55.1 Å². The van der Waals surface area contributed by atoms with Crippen molar-refractivity contribution < 1.29 is 9.53 Å². The minimum Gasteiger partial charge on any atom is -0.473 e. The summed E-state index contributed by atoms with van der Waals surface area (Å²) in [4.78, 5) is 20.0. The number of nitrogens with zero attached hydrogens (tertiary/aromatic N) is 3. The van der Waals surface area contributed by atoms with Crippen LogP contribution in [0.2, 0.25) is 0 Å². The number of aromatic nitrogens is 1. The van der Waals surface area contributed by atoms with Crippen LogP contribution >= 0.6 is 0 Å². The molecule has 0 unspecified atom stereocenters. The van der Waals surface area contributed by atoms with E-state index in [1.165, 1.54) is 16.7 Å². The van der Waals surface area contributed by atoms with Crippen LogP contribution in [0.4, 0.5) is 0 Å². The summed E-state index contributed by atoms with van der Waals surface area (Å²) in [6.45, 7) is 8.73. The average molecular weight is 389 g/mol. The molecule has 2 aromatic carbocycles. The first kappa shape index (κ1) is 19.4. The summed E-state index contributed by atoms with van der Waals surface area (Å²) >= 11 is 0. The van der Waals surface area contributed by atoms with Crippen LogP contribution in [0.3, 0.4) is 0 Å². The van der Waals surface area contributed by atoms with E-state index in [-0.39, 0.29) is 0 Å². The van der Waals surface area contributed by atoms with Crippen molar-refractivity contribution in [3.05, 3.63) is 70.8 Å². The lowest BCUT2D eigenvalue weighted by Gasteiger charge is -2.32. The zero-order valence-electron chi connectivity index (χ0n) is 17.1. The van der Waals surface area contributed by atoms with E-state index in [1.54, 1.807) is 0 Å². The molecule has 0 N–H and O–H groups in total. The van der Waals surface area contributed by atoms with Crippen molar-refractivity contribution in [3.8, 4) is 5.88 Å². The summed E-state index contributed by atoms with van der Waals surface area (Å²) in [5, 5.41) is 1.13. The van der Waals surface area contributed by atoms with Gasteiger partial charge in [-0.1, -0.05) is 35.9 Å². The molecule has 0 saturated carbocycles. The van der Waals surface area contributed by atoms with E-state index in [9.17, 15) is 4.79 Å². The number of piperazine rings is 1. The van der Waals surface area contributed by atoms with E-state index in [0.29, 0.717) is 12.5 Å². The van der Waals surface area contributed by atoms with Crippen molar-refractivity contribution in [1.29, 1.82) is 0 Å². The molecule has 1 aliphatic rings. The fourth-order valence-electron chi connectivity index (χ4n) is 3.75. The number of pyridine rings is 1. The number of rotatable bonds is 6. The minimum absolute atomic E-state index is 0.503. The van der Waals surface area contributed by atoms with E-state index in [4.69, 9.17) is 9.72 Å². The van der Waals surface area contributed by atoms with Gasteiger partial charge in [0.05, 0.1) is 5.52 Å². The first-order valence-electron chi connectivity index (χ1n) is 10.1. The van der Waals surface area contributed by atoms with Gasteiger partial charge in [0.15, 0.2) is 0 Å². The van der Waals surface area contributed by atoms with E-state index < -0.39 is 0 Å². The molecule has 3 aromatic rings. The van der Waals surface area contributed by atoms with E-state index in [0.717, 1.165) is 55.6 Å². The lowest BCUT2D eigenvalue weighted by atomic mass is 10.1. The Morgan fingerprint density at radius 2 is 1.79 bits per heavy atom. The summed E-state index contributed by atoms with van der Waals surface area (Å²) in [6, 6.07) is 16.8. The Bertz CT molecular complexity index is 1010. The predicted molar refractivity (Wildman–Crippen MR) is 115 cm³/mol. The molecule has 0 radical (unpaired) electrons. The molecular formula is C24H27N3O2. The molecule has 5 nitrogen and oxygen atoms in total. The van der Waals surface area contributed by atoms with Gasteiger partial charge < -0.3 is 9.64 Å². The largest absolute Gasteiger partial charge is 0.473 e. The first-order valence-corrected chi connectivity index (χ1v) is 10.1. The Kier molecular flexibility index (Phi) is 5.76. The highest BCUT2D eigenvalue weighted by atomic mass is 16.5. The highest BCUT2D eigenvalue weighted by Crippen LogP contribution is 2.26. The Morgan fingerprint density at radius 1 is 1.00 bits per heavy atom. The van der Waals surface area contributed by atoms with Gasteiger partial charge in [-0.15, -0.1) is 0 Å². The van der Waals surface area contributed by atoms with Gasteiger partial charge in [0.2, 0.25) is 12.3 Å². The van der Waals surface area contributed by atoms with Gasteiger partial charge in [-0.3, -0.25) is 9.69 Å². The molecule has 1 amide bonds. The third-order valence-electron chi connectivity index (χ3n) is 5.59. The summed E-state index contributed by atoms with van der Waals surface area (Å²) in [5.74, 6) is 0.697. The molecule has 1 saturated heterocycles. The van der Waals surface area contributed by atoms with Crippen molar-refractivity contribution >= 4 is 17.3 Å². The monoisotopic (exact) mass is 389 g/mol. The molecule has 0 spiro atoms. The molecule has 150 valence electrons. The van der Waals surface area contributed by atoms with Crippen LogP contribution in [0, 0.1) is 13.8 Å². The van der Waals surface area contributed by atoms with Crippen LogP contribution in [0.15, 0.2) is 48.5 Å². The second-order valence-electron chi connectivity index (χ2n) is 7.78. The molecule has 1 fully saturated rings. The number of fused-ring (bicyclic) bond motifs is 1. The summed E-state index contributed by atoms with van der Waals surface area (Å²) in [5.41, 5.74) is 5.65. The Labute approximate surface area is 171 Å². The zero-order chi connectivity index (χ0) is 20.2. The number of carbonyl (C=O) groups is 1. The van der Waals surface area contributed by atoms with Crippen molar-refractivity contribution in [3.63, 3.8) is 0 Å². The highest BCUT2D eigenvalue weighted by molar-refractivity contribution is 5.80. The van der Waals surface area contributed by atoms with Crippen molar-refractivity contribution in [2.75, 3.05) is 26.2 Å². The molecule has 29 heavy (non-hydrogen) atoms. The summed E-state index contributed by atoms with van der Waals surface area (Å²) in [7, 11) is 0. The summed E-state index contributed by atoms with van der Waals surface area (Å²) in [6.07, 6.45) is 0.939. The van der Waals surface area contributed by atoms with Crippen LogP contribution in [-0.2, 0) is 17.9 Å². The Balaban J connectivity index is 1.60. The van der Waals surface area contributed by atoms with Crippen LogP contribution in [0.5, 0.6) is 5.88 Å². The lowest BCUT2D eigenvalue weighted by molar-refractivity contribution is -0.119. The number of hydrogen-bond acceptors (Lipinski definition) is 4. The van der Waals surface area contributed by atoms with Gasteiger partial charge in [0.1, 0.15) is 6.61 Å². The average Bonchev–Trinajstić information content (AvgIpc) is 2.74. The predicted octanol–water partition coefficient (Wildman–Crippen LogP) is 3.70. The van der Waals surface area contributed by atoms with Gasteiger partial charge in [0, 0.05) is 43.7 Å². The van der Waals surface area contributed by atoms with E-state index in [1.807, 2.05) is 17.0 Å². The van der Waals surface area contributed by atoms with Crippen LogP contribution in [0.25, 0.3) is 10.9 Å². The Hall–Kier alpha value is -2.92. The molecule has 4 rings (SSSR count). The topological polar surface area (TPSA) is 45.7 Å². The molecular weight excluding hydrogens is 362 g/mol.